The Kier molecular flexibility index (Phi) is 7.27. The van der Waals surface area contributed by atoms with Gasteiger partial charge < -0.3 is 20.9 Å². The summed E-state index contributed by atoms with van der Waals surface area (Å²) >= 11 is 0. The summed E-state index contributed by atoms with van der Waals surface area (Å²) in [5.74, 6) is -2.99. The van der Waals surface area contributed by atoms with Gasteiger partial charge in [-0.1, -0.05) is 51.1 Å². The minimum atomic E-state index is -4.50. The van der Waals surface area contributed by atoms with Gasteiger partial charge in [0.1, 0.15) is 12.1 Å². The normalized spacial score (nSPS) is 22.8. The largest absolute Gasteiger partial charge is 0.416 e. The summed E-state index contributed by atoms with van der Waals surface area (Å²) in [6, 6.07) is 11.5. The Bertz CT molecular complexity index is 1520. The summed E-state index contributed by atoms with van der Waals surface area (Å²) in [6.45, 7) is 5.51. The van der Waals surface area contributed by atoms with Crippen LogP contribution in [0.25, 0.3) is 0 Å². The number of hydrogen-bond donors (Lipinski definition) is 3. The average molecular weight is 596 g/mol. The molecule has 2 aliphatic heterocycles. The zero-order valence-corrected chi connectivity index (χ0v) is 24.0. The number of alkyl halides is 3. The van der Waals surface area contributed by atoms with Crippen LogP contribution in [0.3, 0.4) is 0 Å². The highest BCUT2D eigenvalue weighted by molar-refractivity contribution is 6.35. The Morgan fingerprint density at radius 1 is 1.07 bits per heavy atom. The summed E-state index contributed by atoms with van der Waals surface area (Å²) < 4.78 is 39.0. The first kappa shape index (κ1) is 30.1. The lowest BCUT2D eigenvalue weighted by Crippen LogP contribution is -2.55. The molecule has 9 nitrogen and oxygen atoms in total. The van der Waals surface area contributed by atoms with Crippen molar-refractivity contribution in [1.82, 2.24) is 15.5 Å². The molecule has 3 N–H and O–H groups in total. The molecule has 2 fully saturated rings. The molecule has 0 unspecified atom stereocenters. The second-order valence-electron chi connectivity index (χ2n) is 12.8. The fourth-order valence-corrected chi connectivity index (χ4v) is 6.09. The minimum absolute atomic E-state index is 0.0628. The smallest absolute Gasteiger partial charge is 0.338 e. The third-order valence-corrected chi connectivity index (χ3v) is 8.41. The molecule has 1 saturated carbocycles. The van der Waals surface area contributed by atoms with Crippen LogP contribution in [0.4, 0.5) is 18.9 Å². The predicted molar refractivity (Wildman–Crippen MR) is 149 cm³/mol. The van der Waals surface area contributed by atoms with Crippen LogP contribution in [-0.2, 0) is 36.3 Å². The van der Waals surface area contributed by atoms with Gasteiger partial charge in [-0.3, -0.25) is 19.2 Å². The van der Waals surface area contributed by atoms with Gasteiger partial charge in [-0.15, -0.1) is 0 Å². The first-order chi connectivity index (χ1) is 20.1. The molecule has 0 radical (unpaired) electrons. The molecule has 1 saturated heterocycles. The molecule has 0 bridgehead atoms. The monoisotopic (exact) mass is 595 g/mol. The third-order valence-electron chi connectivity index (χ3n) is 8.41. The fraction of sp³-hybridized carbons (Fsp3) is 0.452. The van der Waals surface area contributed by atoms with E-state index in [-0.39, 0.29) is 25.3 Å². The van der Waals surface area contributed by atoms with Crippen molar-refractivity contribution in [3.05, 3.63) is 65.2 Å². The number of anilines is 1. The van der Waals surface area contributed by atoms with Crippen LogP contribution in [0.15, 0.2) is 48.5 Å². The maximum Gasteiger partial charge on any atom is 0.416 e. The molecule has 226 valence electrons. The number of benzene rings is 2. The van der Waals surface area contributed by atoms with Gasteiger partial charge >= 0.3 is 18.0 Å². The second-order valence-corrected chi connectivity index (χ2v) is 12.8. The molecule has 1 aliphatic carbocycles. The number of rotatable bonds is 5. The number of likely N-dealkylation sites (tertiary alicyclic amines) is 1. The van der Waals surface area contributed by atoms with Gasteiger partial charge in [-0.05, 0) is 54.0 Å². The van der Waals surface area contributed by atoms with E-state index in [4.69, 9.17) is 0 Å². The number of halogens is 3. The quantitative estimate of drug-likeness (QED) is 0.454. The van der Waals surface area contributed by atoms with Crippen LogP contribution in [0.2, 0.25) is 0 Å². The van der Waals surface area contributed by atoms with Crippen molar-refractivity contribution in [2.45, 2.75) is 75.7 Å². The number of carbonyl (C=O) groups is 4. The summed E-state index contributed by atoms with van der Waals surface area (Å²) in [5.41, 5.74) is -1.62. The number of hydrogen-bond acceptors (Lipinski definition) is 5. The van der Waals surface area contributed by atoms with E-state index in [2.05, 4.69) is 22.0 Å². The Balaban J connectivity index is 1.33. The van der Waals surface area contributed by atoms with Gasteiger partial charge in [0, 0.05) is 18.7 Å². The molecule has 3 aliphatic rings. The summed E-state index contributed by atoms with van der Waals surface area (Å²) in [5, 5.41) is 18.0. The highest BCUT2D eigenvalue weighted by Crippen LogP contribution is 2.47. The zero-order valence-electron chi connectivity index (χ0n) is 24.0. The number of fused-ring (bicyclic) bond motifs is 2. The Hall–Kier alpha value is -4.40. The molecule has 4 amide bonds. The van der Waals surface area contributed by atoms with Crippen LogP contribution in [0, 0.1) is 16.7 Å². The van der Waals surface area contributed by atoms with Crippen molar-refractivity contribution >= 4 is 29.3 Å². The van der Waals surface area contributed by atoms with Crippen molar-refractivity contribution in [1.29, 1.82) is 5.26 Å². The van der Waals surface area contributed by atoms with E-state index in [0.29, 0.717) is 29.7 Å². The number of nitriles is 1. The van der Waals surface area contributed by atoms with Crippen LogP contribution < -0.4 is 16.0 Å². The van der Waals surface area contributed by atoms with E-state index in [1.54, 1.807) is 24.3 Å². The molecule has 2 heterocycles. The molecule has 2 aromatic carbocycles. The lowest BCUT2D eigenvalue weighted by molar-refractivity contribution is -0.143. The molecule has 12 heteroatoms. The summed E-state index contributed by atoms with van der Waals surface area (Å²) in [7, 11) is 0. The van der Waals surface area contributed by atoms with Crippen molar-refractivity contribution in [3.8, 4) is 6.07 Å². The van der Waals surface area contributed by atoms with Crippen LogP contribution in [-0.4, -0.2) is 47.2 Å². The van der Waals surface area contributed by atoms with Crippen molar-refractivity contribution in [2.24, 2.45) is 5.41 Å². The lowest BCUT2D eigenvalue weighted by atomic mass is 9.80. The van der Waals surface area contributed by atoms with Gasteiger partial charge in [0.2, 0.25) is 11.8 Å². The van der Waals surface area contributed by atoms with E-state index < -0.39 is 57.9 Å². The molecular weight excluding hydrogens is 563 g/mol. The number of nitrogens with zero attached hydrogens (tertiary/aromatic N) is 2. The van der Waals surface area contributed by atoms with Gasteiger partial charge in [0.05, 0.1) is 22.6 Å². The second kappa shape index (κ2) is 10.4. The number of amides is 4. The van der Waals surface area contributed by atoms with Gasteiger partial charge in [0.15, 0.2) is 0 Å². The number of nitrogens with one attached hydrogen (secondary N) is 3. The predicted octanol–water partition coefficient (Wildman–Crippen LogP) is 3.75. The summed E-state index contributed by atoms with van der Waals surface area (Å²) in [6.07, 6.45) is -3.41. The molecule has 1 spiro atoms. The highest BCUT2D eigenvalue weighted by Gasteiger charge is 2.56. The lowest BCUT2D eigenvalue weighted by Gasteiger charge is -2.31. The van der Waals surface area contributed by atoms with Crippen LogP contribution >= 0.6 is 0 Å². The van der Waals surface area contributed by atoms with Crippen molar-refractivity contribution in [2.75, 3.05) is 11.9 Å². The third kappa shape index (κ3) is 5.68. The Morgan fingerprint density at radius 2 is 1.72 bits per heavy atom. The van der Waals surface area contributed by atoms with Crippen molar-refractivity contribution in [3.63, 3.8) is 0 Å². The first-order valence-corrected chi connectivity index (χ1v) is 14.0. The van der Waals surface area contributed by atoms with E-state index >= 15 is 0 Å². The molecule has 0 aromatic heterocycles. The van der Waals surface area contributed by atoms with E-state index in [9.17, 15) is 37.6 Å². The van der Waals surface area contributed by atoms with E-state index in [0.717, 1.165) is 12.1 Å². The first-order valence-electron chi connectivity index (χ1n) is 14.0. The molecule has 5 rings (SSSR count). The molecule has 2 aromatic rings. The maximum absolute atomic E-state index is 13.9. The SMILES string of the molecule is CC(C)(C)C[C@H](NC(=O)C(=O)NC1(c2ccc(C(F)(F)F)cc2)CC1)C(=O)N1C[C@]2(C[C@H]1C#N)C(=O)Nc1ccccc12. The Morgan fingerprint density at radius 3 is 2.30 bits per heavy atom. The number of carbonyl (C=O) groups excluding carboxylic acids is 4. The number of para-hydroxylation sites is 1. The van der Waals surface area contributed by atoms with Crippen molar-refractivity contribution < 1.29 is 32.3 Å². The van der Waals surface area contributed by atoms with E-state index in [1.807, 2.05) is 20.8 Å². The van der Waals surface area contributed by atoms with Crippen LogP contribution in [0.5, 0.6) is 0 Å². The maximum atomic E-state index is 13.9. The van der Waals surface area contributed by atoms with Gasteiger partial charge in [-0.25, -0.2) is 0 Å². The minimum Gasteiger partial charge on any atom is -0.338 e. The van der Waals surface area contributed by atoms with E-state index in [1.165, 1.54) is 17.0 Å². The Labute approximate surface area is 246 Å². The fourth-order valence-electron chi connectivity index (χ4n) is 6.09. The summed E-state index contributed by atoms with van der Waals surface area (Å²) in [4.78, 5) is 54.5. The topological polar surface area (TPSA) is 131 Å². The molecular formula is C31H32F3N5O4. The molecule has 43 heavy (non-hydrogen) atoms. The standard InChI is InChI=1S/C31H32F3N5O4/c1-28(2,3)15-23(26(42)39-17-29(14-20(39)16-35)21-6-4-5-7-22(21)37-27(29)43)36-24(40)25(41)38-30(12-13-30)18-8-10-19(11-9-18)31(32,33)34/h4-11,20,23H,12-15,17H2,1-3H3,(H,36,40)(H,37,43)(H,38,41)/t20-,23-,29-/m0/s1. The highest BCUT2D eigenvalue weighted by atomic mass is 19.4. The average Bonchev–Trinajstić information content (AvgIpc) is 3.53. The van der Waals surface area contributed by atoms with Gasteiger partial charge in [-0.2, -0.15) is 18.4 Å². The van der Waals surface area contributed by atoms with Crippen LogP contribution in [0.1, 0.15) is 63.1 Å². The molecule has 3 atom stereocenters. The zero-order chi connectivity index (χ0) is 31.4. The van der Waals surface area contributed by atoms with Gasteiger partial charge in [0.25, 0.3) is 0 Å².